The van der Waals surface area contributed by atoms with E-state index in [0.717, 1.165) is 5.56 Å². The summed E-state index contributed by atoms with van der Waals surface area (Å²) in [5.41, 5.74) is 2.38. The van der Waals surface area contributed by atoms with Crippen LogP contribution in [0.3, 0.4) is 0 Å². The van der Waals surface area contributed by atoms with Crippen molar-refractivity contribution in [3.05, 3.63) is 21.9 Å². The number of carbonyl (C=O) groups is 1. The molecule has 1 amide bonds. The summed E-state index contributed by atoms with van der Waals surface area (Å²) in [6.07, 6.45) is 0. The van der Waals surface area contributed by atoms with E-state index in [1.807, 2.05) is 12.3 Å². The number of rotatable bonds is 2. The minimum absolute atomic E-state index is 0.215. The van der Waals surface area contributed by atoms with Gasteiger partial charge >= 0.3 is 0 Å². The Morgan fingerprint density at radius 2 is 2.38 bits per heavy atom. The molecule has 0 spiro atoms. The van der Waals surface area contributed by atoms with Crippen molar-refractivity contribution in [3.63, 3.8) is 0 Å². The molecule has 2 nitrogen and oxygen atoms in total. The second kappa shape index (κ2) is 4.68. The number of hydrogen-bond acceptors (Lipinski definition) is 2. The Bertz CT molecular complexity index is 356. The second-order valence-electron chi connectivity index (χ2n) is 2.64. The highest BCUT2D eigenvalue weighted by Gasteiger charge is 2.00. The quantitative estimate of drug-likeness (QED) is 0.712. The van der Waals surface area contributed by atoms with Crippen LogP contribution >= 0.6 is 11.3 Å². The summed E-state index contributed by atoms with van der Waals surface area (Å²) >= 11 is 1.64. The maximum Gasteiger partial charge on any atom is 0.296 e. The van der Waals surface area contributed by atoms with Crippen LogP contribution in [0, 0.1) is 18.8 Å². The number of aryl methyl sites for hydroxylation is 1. The summed E-state index contributed by atoms with van der Waals surface area (Å²) in [7, 11) is 0. The van der Waals surface area contributed by atoms with E-state index in [9.17, 15) is 4.79 Å². The van der Waals surface area contributed by atoms with E-state index < -0.39 is 0 Å². The highest BCUT2D eigenvalue weighted by atomic mass is 32.1. The molecule has 0 fully saturated rings. The fourth-order valence-electron chi connectivity index (χ4n) is 0.901. The number of hydrogen-bond donors (Lipinski definition) is 1. The zero-order valence-corrected chi connectivity index (χ0v) is 8.49. The Morgan fingerprint density at radius 3 is 2.92 bits per heavy atom. The van der Waals surface area contributed by atoms with E-state index in [-0.39, 0.29) is 5.91 Å². The van der Waals surface area contributed by atoms with Crippen molar-refractivity contribution in [1.82, 2.24) is 5.32 Å². The molecule has 0 radical (unpaired) electrons. The first-order chi connectivity index (χ1) is 6.24. The average molecular weight is 193 g/mol. The first kappa shape index (κ1) is 9.82. The van der Waals surface area contributed by atoms with Gasteiger partial charge in [-0.15, -0.1) is 0 Å². The van der Waals surface area contributed by atoms with Crippen molar-refractivity contribution >= 4 is 17.2 Å². The molecule has 0 unspecified atom stereocenters. The predicted molar refractivity (Wildman–Crippen MR) is 54.4 cm³/mol. The molecule has 13 heavy (non-hydrogen) atoms. The van der Waals surface area contributed by atoms with Crippen molar-refractivity contribution in [3.8, 4) is 11.8 Å². The van der Waals surface area contributed by atoms with E-state index in [1.54, 1.807) is 18.3 Å². The predicted octanol–water partition coefficient (Wildman–Crippen LogP) is 1.70. The largest absolute Gasteiger partial charge is 0.341 e. The van der Waals surface area contributed by atoms with E-state index in [2.05, 4.69) is 22.5 Å². The normalized spacial score (nSPS) is 8.77. The molecule has 0 aliphatic rings. The van der Waals surface area contributed by atoms with Crippen LogP contribution in [0.2, 0.25) is 0 Å². The minimum atomic E-state index is -0.215. The van der Waals surface area contributed by atoms with Crippen molar-refractivity contribution in [2.75, 3.05) is 0 Å². The van der Waals surface area contributed by atoms with Gasteiger partial charge < -0.3 is 5.32 Å². The lowest BCUT2D eigenvalue weighted by Gasteiger charge is -1.99. The highest BCUT2D eigenvalue weighted by Crippen LogP contribution is 2.12. The molecule has 1 aromatic heterocycles. The maximum atomic E-state index is 11.0. The Labute approximate surface area is 82.0 Å². The van der Waals surface area contributed by atoms with Crippen LogP contribution in [0.15, 0.2) is 10.8 Å². The van der Waals surface area contributed by atoms with Crippen molar-refractivity contribution in [2.45, 2.75) is 20.4 Å². The summed E-state index contributed by atoms with van der Waals surface area (Å²) in [4.78, 5) is 11.0. The van der Waals surface area contributed by atoms with E-state index in [0.29, 0.717) is 6.54 Å². The molecule has 0 aliphatic carbocycles. The standard InChI is InChI=1S/C10H11NOS/c1-3-4-10(12)11-5-9-7-13-6-8(9)2/h6-7H,5H2,1-2H3,(H,11,12). The molecule has 1 rings (SSSR count). The smallest absolute Gasteiger partial charge is 0.296 e. The van der Waals surface area contributed by atoms with Gasteiger partial charge in [0, 0.05) is 6.54 Å². The minimum Gasteiger partial charge on any atom is -0.341 e. The maximum absolute atomic E-state index is 11.0. The Kier molecular flexibility index (Phi) is 3.53. The number of amides is 1. The lowest BCUT2D eigenvalue weighted by molar-refractivity contribution is -0.115. The second-order valence-corrected chi connectivity index (χ2v) is 3.38. The summed E-state index contributed by atoms with van der Waals surface area (Å²) in [5, 5.41) is 6.82. The van der Waals surface area contributed by atoms with Gasteiger partial charge in [0.05, 0.1) is 0 Å². The Morgan fingerprint density at radius 1 is 1.62 bits per heavy atom. The highest BCUT2D eigenvalue weighted by molar-refractivity contribution is 7.08. The molecule has 0 saturated heterocycles. The lowest BCUT2D eigenvalue weighted by Crippen LogP contribution is -2.20. The van der Waals surface area contributed by atoms with Gasteiger partial charge in [0.25, 0.3) is 5.91 Å². The zero-order valence-electron chi connectivity index (χ0n) is 7.68. The monoisotopic (exact) mass is 193 g/mol. The summed E-state index contributed by atoms with van der Waals surface area (Å²) < 4.78 is 0. The number of thiophene rings is 1. The molecule has 0 aromatic carbocycles. The fourth-order valence-corrected chi connectivity index (χ4v) is 1.76. The molecule has 0 bridgehead atoms. The molecule has 1 heterocycles. The van der Waals surface area contributed by atoms with Crippen LogP contribution in [-0.4, -0.2) is 5.91 Å². The van der Waals surface area contributed by atoms with Gasteiger partial charge in [0.1, 0.15) is 0 Å². The SMILES string of the molecule is CC#CC(=O)NCc1cscc1C. The van der Waals surface area contributed by atoms with E-state index in [1.165, 1.54) is 5.56 Å². The third-order valence-electron chi connectivity index (χ3n) is 1.64. The van der Waals surface area contributed by atoms with Gasteiger partial charge in [0.2, 0.25) is 0 Å². The summed E-state index contributed by atoms with van der Waals surface area (Å²) in [6.45, 7) is 4.25. The molecular formula is C10H11NOS. The van der Waals surface area contributed by atoms with Crippen molar-refractivity contribution < 1.29 is 4.79 Å². The first-order valence-electron chi connectivity index (χ1n) is 3.96. The van der Waals surface area contributed by atoms with Crippen molar-refractivity contribution in [2.24, 2.45) is 0 Å². The van der Waals surface area contributed by atoms with Gasteiger partial charge in [-0.05, 0) is 41.7 Å². The van der Waals surface area contributed by atoms with Crippen LogP contribution in [-0.2, 0) is 11.3 Å². The molecule has 0 saturated carbocycles. The molecule has 0 aliphatic heterocycles. The molecule has 68 valence electrons. The number of carbonyl (C=O) groups excluding carboxylic acids is 1. The van der Waals surface area contributed by atoms with Crippen molar-refractivity contribution in [1.29, 1.82) is 0 Å². The molecule has 1 N–H and O–H groups in total. The molecule has 0 atom stereocenters. The summed E-state index contributed by atoms with van der Waals surface area (Å²) in [5.74, 6) is 4.77. The third-order valence-corrected chi connectivity index (χ3v) is 2.55. The van der Waals surface area contributed by atoms with Crippen LogP contribution < -0.4 is 5.32 Å². The molecular weight excluding hydrogens is 182 g/mol. The molecule has 3 heteroatoms. The van der Waals surface area contributed by atoms with Gasteiger partial charge in [-0.1, -0.05) is 5.92 Å². The zero-order chi connectivity index (χ0) is 9.68. The third kappa shape index (κ3) is 2.92. The van der Waals surface area contributed by atoms with Gasteiger partial charge in [-0.25, -0.2) is 0 Å². The Hall–Kier alpha value is -1.27. The Balaban J connectivity index is 2.47. The first-order valence-corrected chi connectivity index (χ1v) is 4.90. The number of nitrogens with one attached hydrogen (secondary N) is 1. The summed E-state index contributed by atoms with van der Waals surface area (Å²) in [6, 6.07) is 0. The van der Waals surface area contributed by atoms with Crippen LogP contribution in [0.5, 0.6) is 0 Å². The lowest BCUT2D eigenvalue weighted by atomic mass is 10.2. The van der Waals surface area contributed by atoms with Crippen LogP contribution in [0.4, 0.5) is 0 Å². The van der Waals surface area contributed by atoms with Crippen LogP contribution in [0.25, 0.3) is 0 Å². The van der Waals surface area contributed by atoms with Gasteiger partial charge in [-0.3, -0.25) is 4.79 Å². The van der Waals surface area contributed by atoms with Gasteiger partial charge in [-0.2, -0.15) is 11.3 Å². The fraction of sp³-hybridized carbons (Fsp3) is 0.300. The van der Waals surface area contributed by atoms with Crippen LogP contribution in [0.1, 0.15) is 18.1 Å². The topological polar surface area (TPSA) is 29.1 Å². The average Bonchev–Trinajstić information content (AvgIpc) is 2.48. The molecule has 1 aromatic rings. The van der Waals surface area contributed by atoms with E-state index in [4.69, 9.17) is 0 Å². The van der Waals surface area contributed by atoms with Gasteiger partial charge in [0.15, 0.2) is 0 Å². The van der Waals surface area contributed by atoms with E-state index >= 15 is 0 Å².